The maximum absolute atomic E-state index is 12.0. The SMILES string of the molecule is CCCC[C@H](NC(=O)CCSCc1nc2ccccc2c(=O)[nH]1)C(=O)O. The number of carboxylic acids is 1. The number of carbonyl (C=O) groups is 2. The molecule has 1 aromatic heterocycles. The van der Waals surface area contributed by atoms with Crippen LogP contribution < -0.4 is 10.9 Å². The Morgan fingerprint density at radius 1 is 1.35 bits per heavy atom. The molecule has 140 valence electrons. The summed E-state index contributed by atoms with van der Waals surface area (Å²) in [6.07, 6.45) is 2.30. The molecule has 2 aromatic rings. The zero-order valence-electron chi connectivity index (χ0n) is 14.7. The van der Waals surface area contributed by atoms with Gasteiger partial charge in [0.2, 0.25) is 5.91 Å². The summed E-state index contributed by atoms with van der Waals surface area (Å²) in [5.41, 5.74) is 0.467. The number of unbranched alkanes of at least 4 members (excludes halogenated alkanes) is 1. The van der Waals surface area contributed by atoms with Gasteiger partial charge in [-0.15, -0.1) is 0 Å². The molecule has 0 radical (unpaired) electrons. The molecule has 8 heteroatoms. The van der Waals surface area contributed by atoms with E-state index in [1.807, 2.05) is 13.0 Å². The van der Waals surface area contributed by atoms with Crippen LogP contribution in [0.3, 0.4) is 0 Å². The molecule has 26 heavy (non-hydrogen) atoms. The van der Waals surface area contributed by atoms with Gasteiger partial charge in [-0.2, -0.15) is 11.8 Å². The molecule has 1 heterocycles. The molecule has 1 atom stereocenters. The fourth-order valence-corrected chi connectivity index (χ4v) is 3.27. The maximum atomic E-state index is 12.0. The number of aromatic nitrogens is 2. The molecule has 0 aliphatic rings. The molecule has 0 fully saturated rings. The van der Waals surface area contributed by atoms with Gasteiger partial charge in [0.1, 0.15) is 11.9 Å². The summed E-state index contributed by atoms with van der Waals surface area (Å²) < 4.78 is 0. The molecule has 1 aromatic carbocycles. The average molecular weight is 377 g/mol. The quantitative estimate of drug-likeness (QED) is 0.548. The Balaban J connectivity index is 1.80. The molecular formula is C18H23N3O4S. The molecule has 7 nitrogen and oxygen atoms in total. The Morgan fingerprint density at radius 2 is 2.12 bits per heavy atom. The number of aliphatic carboxylic acids is 1. The van der Waals surface area contributed by atoms with Crippen LogP contribution >= 0.6 is 11.8 Å². The van der Waals surface area contributed by atoms with E-state index in [0.717, 1.165) is 12.8 Å². The van der Waals surface area contributed by atoms with Crippen LogP contribution in [-0.4, -0.2) is 38.7 Å². The standard InChI is InChI=1S/C18H23N3O4S/c1-2-3-7-14(18(24)25)20-16(22)9-10-26-11-15-19-13-8-5-4-6-12(13)17(23)21-15/h4-6,8,14H,2-3,7,9-11H2,1H3,(H,20,22)(H,24,25)(H,19,21,23)/t14-/m0/s1. The predicted molar refractivity (Wildman–Crippen MR) is 102 cm³/mol. The van der Waals surface area contributed by atoms with E-state index in [0.29, 0.717) is 34.7 Å². The number of amides is 1. The molecule has 3 N–H and O–H groups in total. The van der Waals surface area contributed by atoms with Gasteiger partial charge in [-0.25, -0.2) is 9.78 Å². The van der Waals surface area contributed by atoms with E-state index in [4.69, 9.17) is 5.11 Å². The van der Waals surface area contributed by atoms with E-state index in [9.17, 15) is 14.4 Å². The number of fused-ring (bicyclic) bond motifs is 1. The predicted octanol–water partition coefficient (Wildman–Crippen LogP) is 2.31. The first kappa shape index (κ1) is 20.0. The van der Waals surface area contributed by atoms with Gasteiger partial charge >= 0.3 is 5.97 Å². The largest absolute Gasteiger partial charge is 0.480 e. The van der Waals surface area contributed by atoms with Crippen molar-refractivity contribution in [2.45, 2.75) is 44.4 Å². The highest BCUT2D eigenvalue weighted by molar-refractivity contribution is 7.98. The number of carbonyl (C=O) groups excluding carboxylic acids is 1. The number of para-hydroxylation sites is 1. The van der Waals surface area contributed by atoms with Gasteiger partial charge in [0.05, 0.1) is 16.7 Å². The molecule has 0 spiro atoms. The van der Waals surface area contributed by atoms with Crippen molar-refractivity contribution in [2.75, 3.05) is 5.75 Å². The number of rotatable bonds is 10. The van der Waals surface area contributed by atoms with Crippen LogP contribution in [0, 0.1) is 0 Å². The third-order valence-electron chi connectivity index (χ3n) is 3.85. The van der Waals surface area contributed by atoms with Crippen LogP contribution in [-0.2, 0) is 15.3 Å². The minimum Gasteiger partial charge on any atom is -0.480 e. The van der Waals surface area contributed by atoms with Gasteiger partial charge in [0.15, 0.2) is 0 Å². The lowest BCUT2D eigenvalue weighted by molar-refractivity contribution is -0.142. The summed E-state index contributed by atoms with van der Waals surface area (Å²) >= 11 is 1.46. The first-order valence-electron chi connectivity index (χ1n) is 8.59. The number of H-pyrrole nitrogens is 1. The van der Waals surface area contributed by atoms with Crippen LogP contribution in [0.1, 0.15) is 38.4 Å². The summed E-state index contributed by atoms with van der Waals surface area (Å²) in [4.78, 5) is 42.2. The lowest BCUT2D eigenvalue weighted by Crippen LogP contribution is -2.40. The van der Waals surface area contributed by atoms with Crippen LogP contribution in [0.4, 0.5) is 0 Å². The molecule has 0 saturated carbocycles. The number of carboxylic acid groups (broad SMARTS) is 1. The number of nitrogens with one attached hydrogen (secondary N) is 2. The van der Waals surface area contributed by atoms with Crippen molar-refractivity contribution in [1.82, 2.24) is 15.3 Å². The van der Waals surface area contributed by atoms with Crippen molar-refractivity contribution < 1.29 is 14.7 Å². The Morgan fingerprint density at radius 3 is 2.85 bits per heavy atom. The highest BCUT2D eigenvalue weighted by atomic mass is 32.2. The smallest absolute Gasteiger partial charge is 0.326 e. The number of aromatic amines is 1. The minimum absolute atomic E-state index is 0.177. The van der Waals surface area contributed by atoms with E-state index in [1.54, 1.807) is 18.2 Å². The second kappa shape index (κ2) is 9.96. The normalized spacial score (nSPS) is 12.0. The first-order valence-corrected chi connectivity index (χ1v) is 9.74. The van der Waals surface area contributed by atoms with E-state index < -0.39 is 12.0 Å². The minimum atomic E-state index is -1.00. The van der Waals surface area contributed by atoms with E-state index >= 15 is 0 Å². The zero-order chi connectivity index (χ0) is 18.9. The summed E-state index contributed by atoms with van der Waals surface area (Å²) in [5, 5.41) is 12.2. The van der Waals surface area contributed by atoms with Crippen molar-refractivity contribution in [1.29, 1.82) is 0 Å². The molecule has 1 amide bonds. The fraction of sp³-hybridized carbons (Fsp3) is 0.444. The molecule has 0 aliphatic carbocycles. The number of hydrogen-bond donors (Lipinski definition) is 3. The molecule has 0 unspecified atom stereocenters. The Bertz CT molecular complexity index is 821. The van der Waals surface area contributed by atoms with Crippen molar-refractivity contribution in [2.24, 2.45) is 0 Å². The number of thioether (sulfide) groups is 1. The lowest BCUT2D eigenvalue weighted by Gasteiger charge is -2.13. The average Bonchev–Trinajstić information content (AvgIpc) is 2.62. The first-order chi connectivity index (χ1) is 12.5. The molecule has 0 bridgehead atoms. The summed E-state index contributed by atoms with van der Waals surface area (Å²) in [6.45, 7) is 1.97. The lowest BCUT2D eigenvalue weighted by atomic mass is 10.1. The van der Waals surface area contributed by atoms with E-state index in [-0.39, 0.29) is 17.9 Å². The summed E-state index contributed by atoms with van der Waals surface area (Å²) in [6, 6.07) is 6.30. The third kappa shape index (κ3) is 5.87. The Kier molecular flexibility index (Phi) is 7.65. The van der Waals surface area contributed by atoms with Crippen LogP contribution in [0.5, 0.6) is 0 Å². The van der Waals surface area contributed by atoms with Gasteiger partial charge in [-0.3, -0.25) is 9.59 Å². The summed E-state index contributed by atoms with van der Waals surface area (Å²) in [7, 11) is 0. The molecular weight excluding hydrogens is 354 g/mol. The number of nitrogens with zero attached hydrogens (tertiary/aromatic N) is 1. The number of hydrogen-bond acceptors (Lipinski definition) is 5. The van der Waals surface area contributed by atoms with Crippen molar-refractivity contribution in [3.05, 3.63) is 40.4 Å². The third-order valence-corrected chi connectivity index (χ3v) is 4.82. The molecule has 0 saturated heterocycles. The van der Waals surface area contributed by atoms with Crippen LogP contribution in [0.2, 0.25) is 0 Å². The van der Waals surface area contributed by atoms with Crippen molar-refractivity contribution in [3.8, 4) is 0 Å². The van der Waals surface area contributed by atoms with Gasteiger partial charge in [0, 0.05) is 12.2 Å². The van der Waals surface area contributed by atoms with Gasteiger partial charge in [-0.05, 0) is 18.6 Å². The molecule has 0 aliphatic heterocycles. The topological polar surface area (TPSA) is 112 Å². The van der Waals surface area contributed by atoms with Gasteiger partial charge in [0.25, 0.3) is 5.56 Å². The number of benzene rings is 1. The van der Waals surface area contributed by atoms with Gasteiger partial charge < -0.3 is 15.4 Å². The van der Waals surface area contributed by atoms with Gasteiger partial charge in [-0.1, -0.05) is 31.9 Å². The zero-order valence-corrected chi connectivity index (χ0v) is 15.5. The summed E-state index contributed by atoms with van der Waals surface area (Å²) in [5.74, 6) is 0.275. The fourth-order valence-electron chi connectivity index (χ4n) is 2.47. The van der Waals surface area contributed by atoms with Crippen LogP contribution in [0.15, 0.2) is 29.1 Å². The van der Waals surface area contributed by atoms with Crippen molar-refractivity contribution in [3.63, 3.8) is 0 Å². The van der Waals surface area contributed by atoms with E-state index in [1.165, 1.54) is 11.8 Å². The van der Waals surface area contributed by atoms with Crippen LogP contribution in [0.25, 0.3) is 10.9 Å². The second-order valence-electron chi connectivity index (χ2n) is 5.93. The monoisotopic (exact) mass is 377 g/mol. The second-order valence-corrected chi connectivity index (χ2v) is 7.04. The Labute approximate surface area is 155 Å². The Hall–Kier alpha value is -2.35. The van der Waals surface area contributed by atoms with E-state index in [2.05, 4.69) is 15.3 Å². The maximum Gasteiger partial charge on any atom is 0.326 e. The highest BCUT2D eigenvalue weighted by Crippen LogP contribution is 2.12. The van der Waals surface area contributed by atoms with Crippen molar-refractivity contribution >= 4 is 34.5 Å². The molecule has 2 rings (SSSR count). The highest BCUT2D eigenvalue weighted by Gasteiger charge is 2.18.